The number of benzene rings is 2. The van der Waals surface area contributed by atoms with Crippen LogP contribution in [-0.2, 0) is 23.0 Å². The number of aryl methyl sites for hydroxylation is 1. The lowest BCUT2D eigenvalue weighted by atomic mass is 9.96. The van der Waals surface area contributed by atoms with Crippen LogP contribution in [0.4, 0.5) is 21.3 Å². The third-order valence-corrected chi connectivity index (χ3v) is 9.10. The maximum Gasteiger partial charge on any atom is 0.322 e. The Bertz CT molecular complexity index is 1420. The van der Waals surface area contributed by atoms with Gasteiger partial charge in [0.2, 0.25) is 5.13 Å². The minimum absolute atomic E-state index is 0.0687. The lowest BCUT2D eigenvalue weighted by Gasteiger charge is -2.38. The highest BCUT2D eigenvalue weighted by atomic mass is 32.2. The summed E-state index contributed by atoms with van der Waals surface area (Å²) < 4.78 is 33.4. The van der Waals surface area contributed by atoms with Crippen LogP contribution in [0.1, 0.15) is 16.1 Å². The van der Waals surface area contributed by atoms with Crippen LogP contribution in [0.25, 0.3) is 0 Å². The number of anilines is 3. The molecule has 0 bridgehead atoms. The zero-order valence-corrected chi connectivity index (χ0v) is 23.2. The first-order chi connectivity index (χ1) is 18.2. The van der Waals surface area contributed by atoms with E-state index in [0.717, 1.165) is 60.1 Å². The lowest BCUT2D eigenvalue weighted by molar-refractivity contribution is 0.206. The van der Waals surface area contributed by atoms with Crippen molar-refractivity contribution in [1.29, 1.82) is 0 Å². The molecule has 2 amide bonds. The van der Waals surface area contributed by atoms with E-state index < -0.39 is 10.0 Å². The van der Waals surface area contributed by atoms with Gasteiger partial charge in [-0.05, 0) is 56.8 Å². The fraction of sp³-hybridized carbons (Fsp3) is 0.400. The number of ether oxygens (including phenoxy) is 1. The van der Waals surface area contributed by atoms with E-state index in [-0.39, 0.29) is 16.1 Å². The van der Waals surface area contributed by atoms with E-state index in [9.17, 15) is 13.2 Å². The maximum absolute atomic E-state index is 13.2. The Labute approximate surface area is 226 Å². The average molecular weight is 558 g/mol. The van der Waals surface area contributed by atoms with Gasteiger partial charge in [0, 0.05) is 61.8 Å². The molecule has 0 aliphatic carbocycles. The number of urea groups is 1. The molecule has 202 valence electrons. The molecule has 5 rings (SSSR count). The second-order valence-electron chi connectivity index (χ2n) is 9.39. The smallest absolute Gasteiger partial charge is 0.322 e. The highest BCUT2D eigenvalue weighted by molar-refractivity contribution is 7.93. The molecule has 0 radical (unpaired) electrons. The van der Waals surface area contributed by atoms with Gasteiger partial charge in [-0.1, -0.05) is 11.3 Å². The molecule has 1 saturated heterocycles. The second kappa shape index (κ2) is 10.8. The number of aromatic nitrogens is 2. The molecule has 3 aromatic rings. The van der Waals surface area contributed by atoms with E-state index in [4.69, 9.17) is 4.74 Å². The molecule has 3 heterocycles. The van der Waals surface area contributed by atoms with Crippen molar-refractivity contribution < 1.29 is 17.9 Å². The lowest BCUT2D eigenvalue weighted by Crippen LogP contribution is -2.46. The molecular weight excluding hydrogens is 526 g/mol. The highest BCUT2D eigenvalue weighted by Crippen LogP contribution is 2.36. The van der Waals surface area contributed by atoms with Crippen molar-refractivity contribution in [2.75, 3.05) is 61.8 Å². The Morgan fingerprint density at radius 2 is 1.74 bits per heavy atom. The van der Waals surface area contributed by atoms with Crippen LogP contribution in [0.2, 0.25) is 0 Å². The van der Waals surface area contributed by atoms with Crippen molar-refractivity contribution >= 4 is 43.9 Å². The van der Waals surface area contributed by atoms with Gasteiger partial charge in [-0.25, -0.2) is 13.2 Å². The largest absolute Gasteiger partial charge is 0.496 e. The SMILES string of the molecule is COc1ccc(N2CCN(C)CC2)c2c1CCN(C(=O)Nc1ccc(S(=O)(=O)Nc3nnc(C)s3)cc1)C2. The van der Waals surface area contributed by atoms with Crippen LogP contribution in [-0.4, -0.2) is 81.3 Å². The Morgan fingerprint density at radius 1 is 1.00 bits per heavy atom. The summed E-state index contributed by atoms with van der Waals surface area (Å²) in [5.74, 6) is 0.854. The minimum atomic E-state index is -3.81. The Hall–Kier alpha value is -3.42. The Balaban J connectivity index is 1.28. The van der Waals surface area contributed by atoms with Gasteiger partial charge in [0.05, 0.1) is 12.0 Å². The van der Waals surface area contributed by atoms with Gasteiger partial charge < -0.3 is 24.8 Å². The van der Waals surface area contributed by atoms with Gasteiger partial charge in [0.1, 0.15) is 10.8 Å². The molecule has 0 atom stereocenters. The molecular formula is C25H31N7O4S2. The van der Waals surface area contributed by atoms with Gasteiger partial charge in [0.15, 0.2) is 0 Å². The zero-order valence-electron chi connectivity index (χ0n) is 21.6. The van der Waals surface area contributed by atoms with Crippen LogP contribution in [0.5, 0.6) is 5.75 Å². The third-order valence-electron chi connectivity index (χ3n) is 6.86. The number of rotatable bonds is 6. The average Bonchev–Trinajstić information content (AvgIpc) is 3.32. The number of carbonyl (C=O) groups is 1. The van der Waals surface area contributed by atoms with Crippen molar-refractivity contribution in [3.05, 3.63) is 52.5 Å². The number of sulfonamides is 1. The van der Waals surface area contributed by atoms with Gasteiger partial charge in [0.25, 0.3) is 10.0 Å². The topological polar surface area (TPSA) is 120 Å². The van der Waals surface area contributed by atoms with Crippen molar-refractivity contribution in [2.24, 2.45) is 0 Å². The molecule has 13 heteroatoms. The predicted octanol–water partition coefficient (Wildman–Crippen LogP) is 3.00. The molecule has 0 unspecified atom stereocenters. The van der Waals surface area contributed by atoms with Crippen LogP contribution in [0, 0.1) is 6.92 Å². The fourth-order valence-electron chi connectivity index (χ4n) is 4.77. The van der Waals surface area contributed by atoms with E-state index in [1.54, 1.807) is 31.1 Å². The predicted molar refractivity (Wildman–Crippen MR) is 148 cm³/mol. The Kier molecular flexibility index (Phi) is 7.41. The maximum atomic E-state index is 13.2. The molecule has 1 aromatic heterocycles. The van der Waals surface area contributed by atoms with Crippen LogP contribution >= 0.6 is 11.3 Å². The number of methoxy groups -OCH3 is 1. The van der Waals surface area contributed by atoms with Crippen molar-refractivity contribution in [1.82, 2.24) is 20.0 Å². The van der Waals surface area contributed by atoms with Gasteiger partial charge >= 0.3 is 6.03 Å². The molecule has 0 saturated carbocycles. The highest BCUT2D eigenvalue weighted by Gasteiger charge is 2.28. The third kappa shape index (κ3) is 5.54. The van der Waals surface area contributed by atoms with Crippen LogP contribution in [0.15, 0.2) is 41.3 Å². The molecule has 2 aliphatic rings. The molecule has 38 heavy (non-hydrogen) atoms. The first-order valence-corrected chi connectivity index (χ1v) is 14.6. The first kappa shape index (κ1) is 26.2. The quantitative estimate of drug-likeness (QED) is 0.475. The number of nitrogens with zero attached hydrogens (tertiary/aromatic N) is 5. The molecule has 2 aliphatic heterocycles. The number of nitrogens with one attached hydrogen (secondary N) is 2. The molecule has 11 nitrogen and oxygen atoms in total. The number of hydrogen-bond donors (Lipinski definition) is 2. The number of hydrogen-bond acceptors (Lipinski definition) is 9. The minimum Gasteiger partial charge on any atom is -0.496 e. The summed E-state index contributed by atoms with van der Waals surface area (Å²) >= 11 is 1.16. The van der Waals surface area contributed by atoms with Gasteiger partial charge in [-0.2, -0.15) is 0 Å². The molecule has 2 aromatic carbocycles. The first-order valence-electron chi connectivity index (χ1n) is 12.3. The summed E-state index contributed by atoms with van der Waals surface area (Å²) in [6, 6.07) is 9.95. The van der Waals surface area contributed by atoms with Gasteiger partial charge in [-0.3, -0.25) is 4.72 Å². The summed E-state index contributed by atoms with van der Waals surface area (Å²) in [6.45, 7) is 6.63. The number of likely N-dealkylation sites (N-methyl/N-ethyl adjacent to an activating group) is 1. The van der Waals surface area contributed by atoms with E-state index in [0.29, 0.717) is 30.2 Å². The van der Waals surface area contributed by atoms with E-state index in [2.05, 4.69) is 43.2 Å². The number of fused-ring (bicyclic) bond motifs is 1. The monoisotopic (exact) mass is 557 g/mol. The van der Waals surface area contributed by atoms with Crippen LogP contribution < -0.4 is 19.7 Å². The van der Waals surface area contributed by atoms with Crippen molar-refractivity contribution in [3.63, 3.8) is 0 Å². The molecule has 1 fully saturated rings. The van der Waals surface area contributed by atoms with E-state index in [1.807, 2.05) is 6.07 Å². The molecule has 0 spiro atoms. The van der Waals surface area contributed by atoms with Crippen LogP contribution in [0.3, 0.4) is 0 Å². The number of carbonyl (C=O) groups excluding carboxylic acids is 1. The summed E-state index contributed by atoms with van der Waals surface area (Å²) in [7, 11) is -0.000874. The summed E-state index contributed by atoms with van der Waals surface area (Å²) in [6.07, 6.45) is 0.696. The van der Waals surface area contributed by atoms with Crippen molar-refractivity contribution in [2.45, 2.75) is 24.8 Å². The van der Waals surface area contributed by atoms with Gasteiger partial charge in [-0.15, -0.1) is 10.2 Å². The summed E-state index contributed by atoms with van der Waals surface area (Å²) in [4.78, 5) is 19.8. The number of piperazine rings is 1. The molecule has 2 N–H and O–H groups in total. The van der Waals surface area contributed by atoms with Crippen molar-refractivity contribution in [3.8, 4) is 5.75 Å². The number of amides is 2. The standard InChI is InChI=1S/C25H31N7O4S2/c1-17-27-28-24(37-17)29-38(34,35)19-6-4-18(5-7-19)26-25(33)32-11-10-20-21(16-32)22(8-9-23(20)36-3)31-14-12-30(2)13-15-31/h4-9H,10-16H2,1-3H3,(H,26,33)(H,28,29). The Morgan fingerprint density at radius 3 is 2.39 bits per heavy atom. The fourth-order valence-corrected chi connectivity index (χ4v) is 6.59. The van der Waals surface area contributed by atoms with E-state index >= 15 is 0 Å². The normalized spacial score (nSPS) is 16.2. The summed E-state index contributed by atoms with van der Waals surface area (Å²) in [5.41, 5.74) is 3.94. The zero-order chi connectivity index (χ0) is 26.9. The summed E-state index contributed by atoms with van der Waals surface area (Å²) in [5, 5.41) is 11.4. The van der Waals surface area contributed by atoms with E-state index in [1.165, 1.54) is 12.1 Å². The second-order valence-corrected chi connectivity index (χ2v) is 12.3.